The molecule has 1 fully saturated rings. The van der Waals surface area contributed by atoms with E-state index < -0.39 is 18.1 Å². The maximum Gasteiger partial charge on any atom is 0.308 e. The van der Waals surface area contributed by atoms with Gasteiger partial charge in [0, 0.05) is 54.9 Å². The first-order valence-electron chi connectivity index (χ1n) is 17.0. The molecule has 7 rings (SSSR count). The molecule has 4 heterocycles. The van der Waals surface area contributed by atoms with Crippen LogP contribution in [0.5, 0.6) is 34.5 Å². The van der Waals surface area contributed by atoms with Crippen molar-refractivity contribution in [2.24, 2.45) is 0 Å². The van der Waals surface area contributed by atoms with Crippen molar-refractivity contribution in [2.75, 3.05) is 41.4 Å². The molecule has 1 amide bonds. The Balaban J connectivity index is 1.31. The largest absolute Gasteiger partial charge is 0.507 e. The van der Waals surface area contributed by atoms with Crippen LogP contribution >= 0.6 is 0 Å². The number of carbonyl (C=O) groups is 2. The number of piperazine rings is 1. The second kappa shape index (κ2) is 13.6. The third-order valence-electron chi connectivity index (χ3n) is 10.6. The summed E-state index contributed by atoms with van der Waals surface area (Å²) in [6.45, 7) is 5.28. The van der Waals surface area contributed by atoms with Crippen LogP contribution in [0.15, 0.2) is 30.3 Å². The quantitative estimate of drug-likeness (QED) is 0.190. The van der Waals surface area contributed by atoms with Gasteiger partial charge in [0.1, 0.15) is 17.5 Å². The van der Waals surface area contributed by atoms with Crippen molar-refractivity contribution in [1.82, 2.24) is 15.1 Å². The van der Waals surface area contributed by atoms with Crippen LogP contribution in [0, 0.1) is 25.2 Å². The molecule has 13 nitrogen and oxygen atoms in total. The summed E-state index contributed by atoms with van der Waals surface area (Å²) in [5.41, 5.74) is 5.70. The molecule has 2 bridgehead atoms. The van der Waals surface area contributed by atoms with Crippen LogP contribution in [-0.2, 0) is 33.6 Å². The number of phenols is 1. The fourth-order valence-corrected chi connectivity index (χ4v) is 8.58. The van der Waals surface area contributed by atoms with E-state index in [0.717, 1.165) is 22.3 Å². The number of amides is 1. The first-order valence-corrected chi connectivity index (χ1v) is 17.0. The molecule has 0 saturated carbocycles. The van der Waals surface area contributed by atoms with Gasteiger partial charge in [-0.15, -0.1) is 0 Å². The molecule has 0 spiro atoms. The number of fused-ring (bicyclic) bond motifs is 9. The van der Waals surface area contributed by atoms with Gasteiger partial charge in [-0.2, -0.15) is 5.26 Å². The minimum absolute atomic E-state index is 0.000296. The maximum atomic E-state index is 13.5. The zero-order chi connectivity index (χ0) is 36.1. The van der Waals surface area contributed by atoms with E-state index in [1.807, 2.05) is 14.0 Å². The first kappa shape index (κ1) is 34.4. The number of hydrogen-bond acceptors (Lipinski definition) is 12. The van der Waals surface area contributed by atoms with Crippen molar-refractivity contribution in [3.05, 3.63) is 69.3 Å². The number of likely N-dealkylation sites (N-methyl/N-ethyl adjacent to an activating group) is 1. The van der Waals surface area contributed by atoms with Crippen molar-refractivity contribution >= 4 is 11.9 Å². The van der Waals surface area contributed by atoms with Crippen molar-refractivity contribution in [3.8, 4) is 40.6 Å². The summed E-state index contributed by atoms with van der Waals surface area (Å²) in [6, 6.07) is 9.65. The lowest BCUT2D eigenvalue weighted by molar-refractivity contribution is -0.132. The lowest BCUT2D eigenvalue weighted by atomic mass is 9.71. The molecule has 268 valence electrons. The van der Waals surface area contributed by atoms with Crippen molar-refractivity contribution in [1.29, 1.82) is 5.26 Å². The Bertz CT molecular complexity index is 1920. The summed E-state index contributed by atoms with van der Waals surface area (Å²) in [6.07, 6.45) is 1.07. The second-order valence-electron chi connectivity index (χ2n) is 13.5. The second-order valence-corrected chi connectivity index (χ2v) is 13.5. The smallest absolute Gasteiger partial charge is 0.308 e. The molecule has 0 aliphatic carbocycles. The minimum Gasteiger partial charge on any atom is -0.507 e. The van der Waals surface area contributed by atoms with Gasteiger partial charge in [-0.25, -0.2) is 0 Å². The first-order chi connectivity index (χ1) is 24.6. The topological polar surface area (TPSA) is 152 Å². The number of aromatic hydroxyl groups is 1. The highest BCUT2D eigenvalue weighted by Gasteiger charge is 2.56. The Morgan fingerprint density at radius 2 is 1.80 bits per heavy atom. The van der Waals surface area contributed by atoms with Crippen LogP contribution in [0.1, 0.15) is 58.0 Å². The van der Waals surface area contributed by atoms with Crippen LogP contribution in [0.3, 0.4) is 0 Å². The van der Waals surface area contributed by atoms with Gasteiger partial charge in [-0.1, -0.05) is 18.2 Å². The predicted octanol–water partition coefficient (Wildman–Crippen LogP) is 3.78. The molecule has 4 aliphatic rings. The summed E-state index contributed by atoms with van der Waals surface area (Å²) in [7, 11) is 5.23. The van der Waals surface area contributed by atoms with E-state index in [2.05, 4.69) is 27.3 Å². The number of nitriles is 1. The molecule has 0 radical (unpaired) electrons. The van der Waals surface area contributed by atoms with Crippen molar-refractivity contribution in [3.63, 3.8) is 0 Å². The number of phenolic OH excluding ortho intramolecular Hbond substituents is 1. The summed E-state index contributed by atoms with van der Waals surface area (Å²) in [5.74, 6) is 2.08. The molecular formula is C38H42N4O9. The molecule has 13 heteroatoms. The van der Waals surface area contributed by atoms with Gasteiger partial charge in [0.05, 0.1) is 31.7 Å². The molecule has 5 atom stereocenters. The average Bonchev–Trinajstić information content (AvgIpc) is 3.59. The van der Waals surface area contributed by atoms with Crippen LogP contribution in [0.2, 0.25) is 0 Å². The molecule has 2 N–H and O–H groups in total. The van der Waals surface area contributed by atoms with E-state index in [9.17, 15) is 20.0 Å². The Labute approximate surface area is 296 Å². The number of ether oxygens (including phenoxy) is 6. The third kappa shape index (κ3) is 5.77. The van der Waals surface area contributed by atoms with Gasteiger partial charge in [0.25, 0.3) is 0 Å². The number of rotatable bonds is 9. The summed E-state index contributed by atoms with van der Waals surface area (Å²) in [4.78, 5) is 29.3. The summed E-state index contributed by atoms with van der Waals surface area (Å²) < 4.78 is 34.5. The number of hydrogen-bond donors (Lipinski definition) is 2. The number of benzene rings is 3. The third-order valence-corrected chi connectivity index (χ3v) is 10.6. The standard InChI is InChI=1S/C38H42N4O9/c1-19-11-23-13-26-28(15-39)42-27(33(41(26)4)31(23)37(35(19)47-6)48-17-46-5)14-25-32(38-36(49-18-50-38)20(2)34(25)45)29(42)16-40-30(44)12-22-7-9-24(10-8-22)51-21(3)43/h7-11,26-29,33,45H,12-14,16-18H2,1-6H3,(H,40,44)/t26-,27?,28?,29?,33-/m0/s1. The van der Waals surface area contributed by atoms with E-state index in [4.69, 9.17) is 28.4 Å². The van der Waals surface area contributed by atoms with Gasteiger partial charge >= 0.3 is 5.97 Å². The maximum absolute atomic E-state index is 13.5. The van der Waals surface area contributed by atoms with Gasteiger partial charge in [0.2, 0.25) is 12.7 Å². The monoisotopic (exact) mass is 698 g/mol. The molecule has 3 aromatic rings. The molecule has 0 aromatic heterocycles. The Morgan fingerprint density at radius 3 is 2.49 bits per heavy atom. The fraction of sp³-hybridized carbons (Fsp3) is 0.447. The number of aryl methyl sites for hydroxylation is 1. The van der Waals surface area contributed by atoms with E-state index in [0.29, 0.717) is 58.3 Å². The van der Waals surface area contributed by atoms with E-state index in [-0.39, 0.29) is 56.3 Å². The van der Waals surface area contributed by atoms with Gasteiger partial charge in [-0.05, 0) is 62.6 Å². The number of methoxy groups -OCH3 is 2. The van der Waals surface area contributed by atoms with Crippen LogP contribution in [0.25, 0.3) is 0 Å². The van der Waals surface area contributed by atoms with E-state index in [1.165, 1.54) is 6.92 Å². The lowest BCUT2D eigenvalue weighted by Gasteiger charge is -2.60. The number of esters is 1. The fourth-order valence-electron chi connectivity index (χ4n) is 8.58. The molecule has 4 aliphatic heterocycles. The summed E-state index contributed by atoms with van der Waals surface area (Å²) >= 11 is 0. The van der Waals surface area contributed by atoms with Gasteiger partial charge < -0.3 is 38.8 Å². The molecule has 1 saturated heterocycles. The number of carbonyl (C=O) groups excluding carboxylic acids is 2. The SMILES string of the molecule is COCOc1c(OC)c(C)cc2c1[C@@H]1C3Cc4c(O)c(C)c5c(c4C(CNC(=O)Cc4ccc(OC(C)=O)cc4)N3C(C#N)[C@H](C2)N1C)OCO5. The highest BCUT2D eigenvalue weighted by Crippen LogP contribution is 2.58. The molecule has 3 aromatic carbocycles. The molecule has 3 unspecified atom stereocenters. The van der Waals surface area contributed by atoms with E-state index in [1.54, 1.807) is 45.4 Å². The summed E-state index contributed by atoms with van der Waals surface area (Å²) in [5, 5.41) is 25.8. The minimum atomic E-state index is -0.569. The Hall–Kier alpha value is -5.03. The number of nitrogens with one attached hydrogen (secondary N) is 1. The average molecular weight is 699 g/mol. The lowest BCUT2D eigenvalue weighted by Crippen LogP contribution is -2.68. The molecular weight excluding hydrogens is 656 g/mol. The van der Waals surface area contributed by atoms with Crippen LogP contribution < -0.4 is 29.0 Å². The zero-order valence-electron chi connectivity index (χ0n) is 29.6. The van der Waals surface area contributed by atoms with Gasteiger partial charge in [0.15, 0.2) is 29.8 Å². The van der Waals surface area contributed by atoms with Crippen molar-refractivity contribution < 1.29 is 43.1 Å². The van der Waals surface area contributed by atoms with E-state index >= 15 is 0 Å². The Kier molecular flexibility index (Phi) is 9.18. The number of nitrogens with zero attached hydrogens (tertiary/aromatic N) is 3. The highest BCUT2D eigenvalue weighted by atomic mass is 16.7. The predicted molar refractivity (Wildman–Crippen MR) is 183 cm³/mol. The highest BCUT2D eigenvalue weighted by molar-refractivity contribution is 5.79. The normalized spacial score (nSPS) is 23.0. The van der Waals surface area contributed by atoms with Gasteiger partial charge in [-0.3, -0.25) is 19.4 Å². The van der Waals surface area contributed by atoms with Crippen LogP contribution in [-0.4, -0.2) is 86.3 Å². The molecule has 51 heavy (non-hydrogen) atoms. The van der Waals surface area contributed by atoms with Crippen LogP contribution in [0.4, 0.5) is 0 Å². The zero-order valence-corrected chi connectivity index (χ0v) is 29.6. The Morgan fingerprint density at radius 1 is 1.06 bits per heavy atom. The van der Waals surface area contributed by atoms with Crippen molar-refractivity contribution in [2.45, 2.75) is 70.2 Å².